The van der Waals surface area contributed by atoms with E-state index in [4.69, 9.17) is 9.47 Å². The van der Waals surface area contributed by atoms with E-state index in [-0.39, 0.29) is 5.97 Å². The van der Waals surface area contributed by atoms with Crippen molar-refractivity contribution in [2.24, 2.45) is 17.8 Å². The topological polar surface area (TPSA) is 35.5 Å². The molecule has 2 saturated carbocycles. The normalized spacial score (nSPS) is 23.4. The van der Waals surface area contributed by atoms with Crippen molar-refractivity contribution in [2.45, 2.75) is 117 Å². The van der Waals surface area contributed by atoms with Gasteiger partial charge >= 0.3 is 5.97 Å². The molecule has 0 saturated heterocycles. The van der Waals surface area contributed by atoms with E-state index in [0.29, 0.717) is 6.61 Å². The highest BCUT2D eigenvalue weighted by molar-refractivity contribution is 5.68. The summed E-state index contributed by atoms with van der Waals surface area (Å²) in [6.07, 6.45) is 18.5. The van der Waals surface area contributed by atoms with Crippen LogP contribution >= 0.6 is 0 Å². The lowest BCUT2D eigenvalue weighted by atomic mass is 9.68. The molecular weight excluding hydrogens is 480 g/mol. The summed E-state index contributed by atoms with van der Waals surface area (Å²) in [6.45, 7) is 7.24. The Hall–Kier alpha value is -2.29. The van der Waals surface area contributed by atoms with Crippen molar-refractivity contribution in [2.75, 3.05) is 13.2 Å². The van der Waals surface area contributed by atoms with E-state index in [1.165, 1.54) is 93.4 Å². The molecule has 0 aromatic heterocycles. The van der Waals surface area contributed by atoms with Gasteiger partial charge in [-0.05, 0) is 129 Å². The molecule has 0 spiro atoms. The number of aryl methyl sites for hydroxylation is 1. The summed E-state index contributed by atoms with van der Waals surface area (Å²) in [4.78, 5) is 10.8. The fourth-order valence-corrected chi connectivity index (χ4v) is 7.23. The minimum absolute atomic E-state index is 0.194. The van der Waals surface area contributed by atoms with Crippen LogP contribution in [0.5, 0.6) is 5.75 Å². The zero-order valence-electron chi connectivity index (χ0n) is 24.9. The molecule has 0 atom stereocenters. The zero-order valence-corrected chi connectivity index (χ0v) is 24.9. The molecule has 0 amide bonds. The van der Waals surface area contributed by atoms with E-state index in [2.05, 4.69) is 56.3 Å². The second kappa shape index (κ2) is 15.5. The first-order valence-corrected chi connectivity index (χ1v) is 16.0. The van der Waals surface area contributed by atoms with Crippen molar-refractivity contribution >= 4 is 5.97 Å². The maximum atomic E-state index is 10.8. The van der Waals surface area contributed by atoms with Gasteiger partial charge in [-0.25, -0.2) is 0 Å². The molecule has 2 aromatic carbocycles. The van der Waals surface area contributed by atoms with Gasteiger partial charge in [-0.3, -0.25) is 4.79 Å². The Kier molecular flexibility index (Phi) is 11.8. The highest BCUT2D eigenvalue weighted by Crippen LogP contribution is 2.44. The van der Waals surface area contributed by atoms with E-state index < -0.39 is 0 Å². The second-order valence-electron chi connectivity index (χ2n) is 12.4. The molecule has 3 heteroatoms. The molecule has 39 heavy (non-hydrogen) atoms. The Morgan fingerprint density at radius 1 is 0.795 bits per heavy atom. The van der Waals surface area contributed by atoms with Crippen LogP contribution in [0.4, 0.5) is 0 Å². The minimum atomic E-state index is -0.194. The van der Waals surface area contributed by atoms with Gasteiger partial charge in [0.25, 0.3) is 0 Å². The van der Waals surface area contributed by atoms with Crippen molar-refractivity contribution in [3.63, 3.8) is 0 Å². The van der Waals surface area contributed by atoms with E-state index in [0.717, 1.165) is 61.7 Å². The first-order valence-electron chi connectivity index (χ1n) is 16.0. The number of carbonyl (C=O) groups excluding carboxylic acids is 1. The SMILES string of the molecule is CCCC1CCC(C2CCC(c3ccc(-c4ccc(OCCCCCCOC(C)=O)cc4C)cc3)CC2)CC1. The molecule has 2 fully saturated rings. The van der Waals surface area contributed by atoms with Gasteiger partial charge in [0.15, 0.2) is 0 Å². The predicted molar refractivity (Wildman–Crippen MR) is 162 cm³/mol. The van der Waals surface area contributed by atoms with Gasteiger partial charge in [-0.1, -0.05) is 62.9 Å². The van der Waals surface area contributed by atoms with Crippen molar-refractivity contribution in [3.8, 4) is 16.9 Å². The van der Waals surface area contributed by atoms with Crippen LogP contribution in [-0.4, -0.2) is 19.2 Å². The van der Waals surface area contributed by atoms with Gasteiger partial charge in [-0.15, -0.1) is 0 Å². The fraction of sp³-hybridized carbons (Fsp3) is 0.639. The summed E-state index contributed by atoms with van der Waals surface area (Å²) in [5.41, 5.74) is 5.39. The number of unbranched alkanes of at least 4 members (excludes halogenated alkanes) is 3. The van der Waals surface area contributed by atoms with Crippen LogP contribution in [-0.2, 0) is 9.53 Å². The molecule has 0 aliphatic heterocycles. The summed E-state index contributed by atoms with van der Waals surface area (Å²) < 4.78 is 11.0. The van der Waals surface area contributed by atoms with Crippen LogP contribution in [0.25, 0.3) is 11.1 Å². The number of carbonyl (C=O) groups is 1. The third kappa shape index (κ3) is 9.12. The van der Waals surface area contributed by atoms with Crippen LogP contribution in [0.15, 0.2) is 42.5 Å². The Morgan fingerprint density at radius 2 is 1.44 bits per heavy atom. The van der Waals surface area contributed by atoms with Crippen molar-refractivity contribution < 1.29 is 14.3 Å². The van der Waals surface area contributed by atoms with Crippen LogP contribution in [0.3, 0.4) is 0 Å². The Morgan fingerprint density at radius 3 is 2.05 bits per heavy atom. The van der Waals surface area contributed by atoms with Crippen molar-refractivity contribution in [1.29, 1.82) is 0 Å². The van der Waals surface area contributed by atoms with Gasteiger partial charge < -0.3 is 9.47 Å². The molecule has 0 bridgehead atoms. The zero-order chi connectivity index (χ0) is 27.5. The fourth-order valence-electron chi connectivity index (χ4n) is 7.23. The van der Waals surface area contributed by atoms with Gasteiger partial charge in [0.05, 0.1) is 13.2 Å². The summed E-state index contributed by atoms with van der Waals surface area (Å²) in [5.74, 6) is 4.51. The quantitative estimate of drug-likeness (QED) is 0.190. The van der Waals surface area contributed by atoms with E-state index >= 15 is 0 Å². The number of ether oxygens (including phenoxy) is 2. The van der Waals surface area contributed by atoms with Crippen LogP contribution in [0.1, 0.15) is 121 Å². The first kappa shape index (κ1) is 29.7. The Labute approximate surface area is 238 Å². The molecule has 0 heterocycles. The number of rotatable bonds is 13. The van der Waals surface area contributed by atoms with Gasteiger partial charge in [0.1, 0.15) is 5.75 Å². The molecule has 4 rings (SSSR count). The van der Waals surface area contributed by atoms with Gasteiger partial charge in [-0.2, -0.15) is 0 Å². The molecule has 0 radical (unpaired) electrons. The molecule has 0 unspecified atom stereocenters. The molecule has 2 aliphatic carbocycles. The molecule has 0 N–H and O–H groups in total. The number of hydrogen-bond donors (Lipinski definition) is 0. The first-order chi connectivity index (χ1) is 19.0. The summed E-state index contributed by atoms with van der Waals surface area (Å²) in [5, 5.41) is 0. The van der Waals surface area contributed by atoms with Crippen molar-refractivity contribution in [1.82, 2.24) is 0 Å². The lowest BCUT2D eigenvalue weighted by molar-refractivity contribution is -0.141. The van der Waals surface area contributed by atoms with Crippen LogP contribution in [0.2, 0.25) is 0 Å². The third-order valence-electron chi connectivity index (χ3n) is 9.53. The summed E-state index contributed by atoms with van der Waals surface area (Å²) in [7, 11) is 0. The monoisotopic (exact) mass is 532 g/mol. The summed E-state index contributed by atoms with van der Waals surface area (Å²) in [6, 6.07) is 15.9. The average molecular weight is 533 g/mol. The summed E-state index contributed by atoms with van der Waals surface area (Å²) >= 11 is 0. The maximum absolute atomic E-state index is 10.8. The van der Waals surface area contributed by atoms with Gasteiger partial charge in [0.2, 0.25) is 0 Å². The maximum Gasteiger partial charge on any atom is 0.302 e. The molecule has 2 aromatic rings. The molecule has 2 aliphatic rings. The van der Waals surface area contributed by atoms with Crippen molar-refractivity contribution in [3.05, 3.63) is 53.6 Å². The predicted octanol–water partition coefficient (Wildman–Crippen LogP) is 10.0. The lowest BCUT2D eigenvalue weighted by Gasteiger charge is -2.38. The van der Waals surface area contributed by atoms with E-state index in [1.807, 2.05) is 0 Å². The molecule has 3 nitrogen and oxygen atoms in total. The highest BCUT2D eigenvalue weighted by Gasteiger charge is 2.31. The van der Waals surface area contributed by atoms with Crippen LogP contribution in [0, 0.1) is 24.7 Å². The van der Waals surface area contributed by atoms with Gasteiger partial charge in [0, 0.05) is 6.92 Å². The Bertz CT molecular complexity index is 994. The minimum Gasteiger partial charge on any atom is -0.494 e. The number of esters is 1. The van der Waals surface area contributed by atoms with E-state index in [9.17, 15) is 4.79 Å². The van der Waals surface area contributed by atoms with E-state index in [1.54, 1.807) is 0 Å². The largest absolute Gasteiger partial charge is 0.494 e. The molecular formula is C36H52O3. The molecule has 214 valence electrons. The smallest absolute Gasteiger partial charge is 0.302 e. The second-order valence-corrected chi connectivity index (χ2v) is 12.4. The number of benzene rings is 2. The average Bonchev–Trinajstić information content (AvgIpc) is 2.95. The van der Waals surface area contributed by atoms with Crippen LogP contribution < -0.4 is 4.74 Å². The third-order valence-corrected chi connectivity index (χ3v) is 9.53. The highest BCUT2D eigenvalue weighted by atomic mass is 16.5. The Balaban J connectivity index is 1.19. The standard InChI is InChI=1S/C36H52O3/c1-4-9-29-10-12-30(13-11-29)31-14-16-32(17-15-31)33-18-20-34(21-19-33)36-23-22-35(26-27(36)2)39-25-8-6-5-7-24-38-28(3)37/h18-23,26,29-32H,4-17,24-25H2,1-3H3. The number of hydrogen-bond acceptors (Lipinski definition) is 3. The lowest BCUT2D eigenvalue weighted by Crippen LogP contribution is -2.25.